The number of hydrogen-bond donors (Lipinski definition) is 0. The SMILES string of the molecule is COc1ccc(C(F)F)c(-c2cc(Cl)c(Cl)c(Cl)c2)c1. The van der Waals surface area contributed by atoms with Gasteiger partial charge in [-0.25, -0.2) is 8.78 Å². The van der Waals surface area contributed by atoms with E-state index in [9.17, 15) is 8.78 Å². The first-order valence-corrected chi connectivity index (χ1v) is 6.68. The Morgan fingerprint density at radius 3 is 2.10 bits per heavy atom. The summed E-state index contributed by atoms with van der Waals surface area (Å²) in [5.74, 6) is 0.464. The highest BCUT2D eigenvalue weighted by molar-refractivity contribution is 6.48. The zero-order chi connectivity index (χ0) is 14.9. The molecule has 6 heteroatoms. The molecule has 2 aromatic carbocycles. The highest BCUT2D eigenvalue weighted by Crippen LogP contribution is 2.39. The zero-order valence-corrected chi connectivity index (χ0v) is 12.5. The molecule has 0 heterocycles. The molecule has 0 aliphatic heterocycles. The van der Waals surface area contributed by atoms with Gasteiger partial charge in [-0.05, 0) is 41.5 Å². The number of ether oxygens (including phenoxy) is 1. The smallest absolute Gasteiger partial charge is 0.264 e. The molecular weight excluding hydrogens is 329 g/mol. The Bertz CT molecular complexity index is 621. The van der Waals surface area contributed by atoms with Crippen molar-refractivity contribution in [3.63, 3.8) is 0 Å². The topological polar surface area (TPSA) is 9.23 Å². The van der Waals surface area contributed by atoms with Crippen LogP contribution in [0.2, 0.25) is 15.1 Å². The number of hydrogen-bond acceptors (Lipinski definition) is 1. The Labute approximate surface area is 130 Å². The lowest BCUT2D eigenvalue weighted by Gasteiger charge is -2.12. The molecule has 0 spiro atoms. The van der Waals surface area contributed by atoms with Crippen molar-refractivity contribution in [1.29, 1.82) is 0 Å². The van der Waals surface area contributed by atoms with Gasteiger partial charge in [0.15, 0.2) is 0 Å². The highest BCUT2D eigenvalue weighted by atomic mass is 35.5. The molecular formula is C14H9Cl3F2O. The Morgan fingerprint density at radius 2 is 1.60 bits per heavy atom. The zero-order valence-electron chi connectivity index (χ0n) is 10.3. The molecule has 0 fully saturated rings. The summed E-state index contributed by atoms with van der Waals surface area (Å²) in [7, 11) is 1.46. The molecule has 0 aromatic heterocycles. The van der Waals surface area contributed by atoms with Crippen LogP contribution < -0.4 is 4.74 Å². The fraction of sp³-hybridized carbons (Fsp3) is 0.143. The fourth-order valence-electron chi connectivity index (χ4n) is 1.81. The van der Waals surface area contributed by atoms with Gasteiger partial charge in [0.2, 0.25) is 0 Å². The van der Waals surface area contributed by atoms with E-state index in [4.69, 9.17) is 39.5 Å². The van der Waals surface area contributed by atoms with Gasteiger partial charge in [0.05, 0.1) is 22.2 Å². The van der Waals surface area contributed by atoms with Crippen molar-refractivity contribution in [2.75, 3.05) is 7.11 Å². The average Bonchev–Trinajstić information content (AvgIpc) is 2.43. The van der Waals surface area contributed by atoms with Gasteiger partial charge in [-0.1, -0.05) is 34.8 Å². The molecule has 2 rings (SSSR count). The molecule has 0 aliphatic carbocycles. The monoisotopic (exact) mass is 336 g/mol. The third kappa shape index (κ3) is 3.00. The number of methoxy groups -OCH3 is 1. The van der Waals surface area contributed by atoms with Crippen LogP contribution in [0.15, 0.2) is 30.3 Å². The van der Waals surface area contributed by atoms with Gasteiger partial charge in [-0.3, -0.25) is 0 Å². The number of halogens is 5. The van der Waals surface area contributed by atoms with Gasteiger partial charge < -0.3 is 4.74 Å². The van der Waals surface area contributed by atoms with E-state index in [1.165, 1.54) is 37.4 Å². The average molecular weight is 338 g/mol. The van der Waals surface area contributed by atoms with Gasteiger partial charge in [-0.15, -0.1) is 0 Å². The predicted molar refractivity (Wildman–Crippen MR) is 78.4 cm³/mol. The molecule has 0 bridgehead atoms. The molecule has 2 aromatic rings. The Morgan fingerprint density at radius 1 is 1.00 bits per heavy atom. The summed E-state index contributed by atoms with van der Waals surface area (Å²) in [5, 5.41) is 0.605. The van der Waals surface area contributed by atoms with Crippen molar-refractivity contribution in [3.8, 4) is 16.9 Å². The Hall–Kier alpha value is -1.03. The van der Waals surface area contributed by atoms with E-state index in [1.807, 2.05) is 0 Å². The Balaban J connectivity index is 2.67. The normalized spacial score (nSPS) is 10.9. The van der Waals surface area contributed by atoms with Crippen LogP contribution in [0.3, 0.4) is 0 Å². The maximum atomic E-state index is 13.1. The van der Waals surface area contributed by atoms with Crippen molar-refractivity contribution >= 4 is 34.8 Å². The molecule has 0 N–H and O–H groups in total. The van der Waals surface area contributed by atoms with E-state index < -0.39 is 6.43 Å². The number of alkyl halides is 2. The van der Waals surface area contributed by atoms with E-state index in [0.29, 0.717) is 16.9 Å². The van der Waals surface area contributed by atoms with E-state index >= 15 is 0 Å². The molecule has 106 valence electrons. The molecule has 0 amide bonds. The first kappa shape index (κ1) is 15.4. The lowest BCUT2D eigenvalue weighted by Crippen LogP contribution is -1.93. The fourth-order valence-corrected chi connectivity index (χ4v) is 2.41. The molecule has 1 nitrogen and oxygen atoms in total. The van der Waals surface area contributed by atoms with Gasteiger partial charge in [-0.2, -0.15) is 0 Å². The maximum absolute atomic E-state index is 13.1. The largest absolute Gasteiger partial charge is 0.497 e. The lowest BCUT2D eigenvalue weighted by molar-refractivity contribution is 0.152. The van der Waals surface area contributed by atoms with Gasteiger partial charge >= 0.3 is 0 Å². The van der Waals surface area contributed by atoms with E-state index in [2.05, 4.69) is 0 Å². The predicted octanol–water partition coefficient (Wildman–Crippen LogP) is 6.26. The quantitative estimate of drug-likeness (QED) is 0.601. The molecule has 0 aliphatic rings. The van der Waals surface area contributed by atoms with E-state index in [1.54, 1.807) is 0 Å². The molecule has 0 radical (unpaired) electrons. The third-order valence-electron chi connectivity index (χ3n) is 2.79. The highest BCUT2D eigenvalue weighted by Gasteiger charge is 2.17. The van der Waals surface area contributed by atoms with Crippen molar-refractivity contribution in [3.05, 3.63) is 51.0 Å². The summed E-state index contributed by atoms with van der Waals surface area (Å²) in [4.78, 5) is 0. The minimum Gasteiger partial charge on any atom is -0.497 e. The number of benzene rings is 2. The Kier molecular flexibility index (Phi) is 4.74. The van der Waals surface area contributed by atoms with Crippen LogP contribution in [-0.2, 0) is 0 Å². The van der Waals surface area contributed by atoms with Crippen molar-refractivity contribution < 1.29 is 13.5 Å². The van der Waals surface area contributed by atoms with Crippen molar-refractivity contribution in [1.82, 2.24) is 0 Å². The lowest BCUT2D eigenvalue weighted by atomic mass is 9.99. The van der Waals surface area contributed by atoms with Crippen LogP contribution in [0.4, 0.5) is 8.78 Å². The van der Waals surface area contributed by atoms with E-state index in [0.717, 1.165) is 0 Å². The summed E-state index contributed by atoms with van der Waals surface area (Å²) >= 11 is 17.7. The van der Waals surface area contributed by atoms with Crippen LogP contribution in [0.1, 0.15) is 12.0 Å². The standard InChI is InChI=1S/C14H9Cl3F2O/c1-20-8-2-3-9(14(18)19)10(6-8)7-4-11(15)13(17)12(16)5-7/h2-6,14H,1H3. The van der Waals surface area contributed by atoms with Crippen LogP contribution in [0.5, 0.6) is 5.75 Å². The summed E-state index contributed by atoms with van der Waals surface area (Å²) < 4.78 is 31.3. The van der Waals surface area contributed by atoms with Crippen LogP contribution >= 0.6 is 34.8 Å². The van der Waals surface area contributed by atoms with E-state index in [-0.39, 0.29) is 20.6 Å². The second kappa shape index (κ2) is 6.17. The van der Waals surface area contributed by atoms with Crippen LogP contribution in [0, 0.1) is 0 Å². The molecule has 0 atom stereocenters. The van der Waals surface area contributed by atoms with Crippen molar-refractivity contribution in [2.45, 2.75) is 6.43 Å². The number of rotatable bonds is 3. The van der Waals surface area contributed by atoms with Gasteiger partial charge in [0.1, 0.15) is 5.75 Å². The summed E-state index contributed by atoms with van der Waals surface area (Å²) in [6, 6.07) is 7.30. The summed E-state index contributed by atoms with van der Waals surface area (Å²) in [5.41, 5.74) is 0.638. The maximum Gasteiger partial charge on any atom is 0.264 e. The van der Waals surface area contributed by atoms with Crippen LogP contribution in [0.25, 0.3) is 11.1 Å². The molecule has 0 saturated carbocycles. The summed E-state index contributed by atoms with van der Waals surface area (Å²) in [6.07, 6.45) is -2.62. The molecule has 20 heavy (non-hydrogen) atoms. The minimum absolute atomic E-state index is 0.125. The molecule has 0 saturated heterocycles. The van der Waals surface area contributed by atoms with Gasteiger partial charge in [0, 0.05) is 5.56 Å². The second-order valence-corrected chi connectivity index (χ2v) is 5.20. The van der Waals surface area contributed by atoms with Crippen LogP contribution in [-0.4, -0.2) is 7.11 Å². The third-order valence-corrected chi connectivity index (χ3v) is 3.99. The van der Waals surface area contributed by atoms with Gasteiger partial charge in [0.25, 0.3) is 6.43 Å². The first-order chi connectivity index (χ1) is 9.43. The summed E-state index contributed by atoms with van der Waals surface area (Å²) in [6.45, 7) is 0. The molecule has 0 unspecified atom stereocenters. The second-order valence-electron chi connectivity index (χ2n) is 4.01. The first-order valence-electron chi connectivity index (χ1n) is 5.55. The minimum atomic E-state index is -2.62. The van der Waals surface area contributed by atoms with Crippen molar-refractivity contribution in [2.24, 2.45) is 0 Å².